The predicted octanol–water partition coefficient (Wildman–Crippen LogP) is 1.43. The molecular formula is C22H32N4O6. The van der Waals surface area contributed by atoms with Crippen molar-refractivity contribution in [1.82, 2.24) is 19.6 Å². The molecule has 2 saturated heterocycles. The van der Waals surface area contributed by atoms with E-state index in [4.69, 9.17) is 4.74 Å². The molecule has 0 unspecified atom stereocenters. The molecule has 3 heterocycles. The Balaban J connectivity index is 1.11. The average molecular weight is 449 g/mol. The second kappa shape index (κ2) is 10.3. The first-order valence-corrected chi connectivity index (χ1v) is 11.6. The first kappa shape index (κ1) is 22.6. The highest BCUT2D eigenvalue weighted by Crippen LogP contribution is 2.29. The second-order valence-corrected chi connectivity index (χ2v) is 8.73. The van der Waals surface area contributed by atoms with Gasteiger partial charge in [0.15, 0.2) is 0 Å². The molecule has 1 amide bonds. The number of carbonyl (C=O) groups excluding carboxylic acids is 3. The van der Waals surface area contributed by atoms with E-state index in [1.807, 2.05) is 6.07 Å². The van der Waals surface area contributed by atoms with Crippen LogP contribution in [0, 0.1) is 6.92 Å². The molecule has 0 radical (unpaired) electrons. The zero-order valence-electron chi connectivity index (χ0n) is 18.7. The molecule has 4 rings (SSSR count). The molecule has 0 spiro atoms. The number of hydrogen-bond acceptors (Lipinski definition) is 8. The number of amides is 1. The monoisotopic (exact) mass is 448 g/mol. The topological polar surface area (TPSA) is 103 Å². The fraction of sp³-hybridized carbons (Fsp3) is 0.727. The highest BCUT2D eigenvalue weighted by molar-refractivity contribution is 6.31. The quantitative estimate of drug-likeness (QED) is 0.334. The largest absolute Gasteiger partial charge is 0.477 e. The van der Waals surface area contributed by atoms with Crippen molar-refractivity contribution in [2.75, 3.05) is 39.3 Å². The minimum Gasteiger partial charge on any atom is -0.477 e. The Hall–Kier alpha value is -2.62. The maximum atomic E-state index is 12.3. The number of nitrogens with zero attached hydrogens (tertiary/aromatic N) is 4. The summed E-state index contributed by atoms with van der Waals surface area (Å²) >= 11 is 0. The van der Waals surface area contributed by atoms with Gasteiger partial charge in [-0.1, -0.05) is 19.3 Å². The third kappa shape index (κ3) is 5.40. The van der Waals surface area contributed by atoms with Crippen molar-refractivity contribution in [3.05, 3.63) is 11.8 Å². The van der Waals surface area contributed by atoms with Crippen LogP contribution >= 0.6 is 0 Å². The molecule has 0 bridgehead atoms. The molecule has 2 aliphatic heterocycles. The van der Waals surface area contributed by atoms with Crippen LogP contribution in [0.25, 0.3) is 0 Å². The summed E-state index contributed by atoms with van der Waals surface area (Å²) < 4.78 is 17.3. The van der Waals surface area contributed by atoms with Gasteiger partial charge in [0.25, 0.3) is 0 Å². The van der Waals surface area contributed by atoms with E-state index in [2.05, 4.69) is 31.1 Å². The van der Waals surface area contributed by atoms with Gasteiger partial charge in [0.1, 0.15) is 0 Å². The lowest BCUT2D eigenvalue weighted by atomic mass is 9.95. The van der Waals surface area contributed by atoms with Gasteiger partial charge in [-0.3, -0.25) is 14.4 Å². The Morgan fingerprint density at radius 2 is 1.75 bits per heavy atom. The average Bonchev–Trinajstić information content (AvgIpc) is 3.35. The van der Waals surface area contributed by atoms with E-state index in [0.717, 1.165) is 32.5 Å². The summed E-state index contributed by atoms with van der Waals surface area (Å²) in [5.74, 6) is -1.98. The molecule has 0 atom stereocenters. The third-order valence-electron chi connectivity index (χ3n) is 6.42. The van der Waals surface area contributed by atoms with Gasteiger partial charge in [0.2, 0.25) is 5.88 Å². The molecule has 1 aromatic rings. The maximum absolute atomic E-state index is 12.3. The van der Waals surface area contributed by atoms with Gasteiger partial charge >= 0.3 is 24.1 Å². The van der Waals surface area contributed by atoms with E-state index >= 15 is 0 Å². The molecule has 3 aliphatic rings. The molecule has 1 aliphatic carbocycles. The van der Waals surface area contributed by atoms with Crippen molar-refractivity contribution in [1.29, 1.82) is 0 Å². The SMILES string of the molecule is Cc1cc(OCCCCN2CCN(C(=O)C3OC(=O)C(=O)O3)CC2)nn1C1CCCCC1. The van der Waals surface area contributed by atoms with E-state index in [1.165, 1.54) is 37.8 Å². The summed E-state index contributed by atoms with van der Waals surface area (Å²) in [5, 5.41) is 4.67. The number of carbonyl (C=O) groups is 3. The van der Waals surface area contributed by atoms with E-state index in [1.54, 1.807) is 4.90 Å². The molecule has 10 nitrogen and oxygen atoms in total. The summed E-state index contributed by atoms with van der Waals surface area (Å²) in [7, 11) is 0. The number of aryl methyl sites for hydroxylation is 1. The Morgan fingerprint density at radius 1 is 1.06 bits per heavy atom. The number of cyclic esters (lactones) is 2. The fourth-order valence-electron chi connectivity index (χ4n) is 4.60. The van der Waals surface area contributed by atoms with Crippen molar-refractivity contribution in [2.24, 2.45) is 0 Å². The lowest BCUT2D eigenvalue weighted by Gasteiger charge is -2.35. The molecule has 3 fully saturated rings. The summed E-state index contributed by atoms with van der Waals surface area (Å²) in [6.07, 6.45) is 6.81. The van der Waals surface area contributed by atoms with Gasteiger partial charge in [-0.2, -0.15) is 0 Å². The van der Waals surface area contributed by atoms with Crippen molar-refractivity contribution >= 4 is 17.8 Å². The summed E-state index contributed by atoms with van der Waals surface area (Å²) in [4.78, 5) is 38.3. The summed E-state index contributed by atoms with van der Waals surface area (Å²) in [6, 6.07) is 2.54. The standard InChI is InChI=1S/C22H32N4O6/c1-16-15-18(23-26(16)17-7-3-2-4-8-17)30-14-6-5-9-24-10-12-25(13-11-24)19(27)22-31-20(28)21(29)32-22/h15,17,22H,2-14H2,1H3. The van der Waals surface area contributed by atoms with E-state index in [-0.39, 0.29) is 0 Å². The summed E-state index contributed by atoms with van der Waals surface area (Å²) in [6.45, 7) is 6.14. The van der Waals surface area contributed by atoms with Crippen LogP contribution in [0.5, 0.6) is 5.88 Å². The van der Waals surface area contributed by atoms with Gasteiger partial charge in [-0.05, 0) is 39.2 Å². The molecule has 176 valence electrons. The van der Waals surface area contributed by atoms with Crippen molar-refractivity contribution in [3.63, 3.8) is 0 Å². The lowest BCUT2D eigenvalue weighted by Crippen LogP contribution is -2.51. The highest BCUT2D eigenvalue weighted by Gasteiger charge is 2.41. The van der Waals surface area contributed by atoms with Crippen LogP contribution in [0.1, 0.15) is 56.7 Å². The van der Waals surface area contributed by atoms with Gasteiger partial charge in [-0.25, -0.2) is 9.59 Å². The first-order chi connectivity index (χ1) is 15.5. The molecule has 0 N–H and O–H groups in total. The van der Waals surface area contributed by atoms with Crippen LogP contribution in [-0.4, -0.2) is 83.0 Å². The molecule has 0 aromatic carbocycles. The van der Waals surface area contributed by atoms with Gasteiger partial charge in [0.05, 0.1) is 12.6 Å². The summed E-state index contributed by atoms with van der Waals surface area (Å²) in [5.41, 5.74) is 1.17. The third-order valence-corrected chi connectivity index (χ3v) is 6.42. The number of hydrogen-bond donors (Lipinski definition) is 0. The molecule has 1 saturated carbocycles. The van der Waals surface area contributed by atoms with Gasteiger partial charge < -0.3 is 19.1 Å². The number of esters is 2. The Labute approximate surface area is 187 Å². The highest BCUT2D eigenvalue weighted by atomic mass is 16.8. The number of ether oxygens (including phenoxy) is 3. The number of piperazine rings is 1. The van der Waals surface area contributed by atoms with Gasteiger partial charge in [0, 0.05) is 37.9 Å². The normalized spacial score (nSPS) is 21.0. The van der Waals surface area contributed by atoms with Crippen molar-refractivity contribution in [2.45, 2.75) is 64.2 Å². The van der Waals surface area contributed by atoms with Crippen LogP contribution < -0.4 is 4.74 Å². The number of unbranched alkanes of at least 4 members (excludes halogenated alkanes) is 1. The Morgan fingerprint density at radius 3 is 2.44 bits per heavy atom. The Kier molecular flexibility index (Phi) is 7.29. The zero-order valence-corrected chi connectivity index (χ0v) is 18.7. The minimum absolute atomic E-state index is 0.472. The van der Waals surface area contributed by atoms with Crippen LogP contribution in [0.3, 0.4) is 0 Å². The molecule has 32 heavy (non-hydrogen) atoms. The van der Waals surface area contributed by atoms with E-state index < -0.39 is 24.1 Å². The number of rotatable bonds is 8. The van der Waals surface area contributed by atoms with Crippen LogP contribution in [0.2, 0.25) is 0 Å². The maximum Gasteiger partial charge on any atom is 0.421 e. The molecule has 10 heteroatoms. The second-order valence-electron chi connectivity index (χ2n) is 8.73. The van der Waals surface area contributed by atoms with E-state index in [0.29, 0.717) is 31.6 Å². The van der Waals surface area contributed by atoms with Crippen LogP contribution in [0.15, 0.2) is 6.07 Å². The predicted molar refractivity (Wildman–Crippen MR) is 113 cm³/mol. The first-order valence-electron chi connectivity index (χ1n) is 11.6. The minimum atomic E-state index is -1.43. The van der Waals surface area contributed by atoms with Gasteiger partial charge in [-0.15, -0.1) is 5.10 Å². The van der Waals surface area contributed by atoms with E-state index in [9.17, 15) is 14.4 Å². The van der Waals surface area contributed by atoms with Crippen LogP contribution in [0.4, 0.5) is 0 Å². The number of aromatic nitrogens is 2. The molecule has 1 aromatic heterocycles. The smallest absolute Gasteiger partial charge is 0.421 e. The fourth-order valence-corrected chi connectivity index (χ4v) is 4.60. The zero-order chi connectivity index (χ0) is 22.5. The van der Waals surface area contributed by atoms with Crippen molar-refractivity contribution in [3.8, 4) is 5.88 Å². The lowest BCUT2D eigenvalue weighted by molar-refractivity contribution is -0.167. The van der Waals surface area contributed by atoms with Crippen LogP contribution in [-0.2, 0) is 23.9 Å². The van der Waals surface area contributed by atoms with Crippen molar-refractivity contribution < 1.29 is 28.6 Å². The molecular weight excluding hydrogens is 416 g/mol. The Bertz CT molecular complexity index is 810.